The monoisotopic (exact) mass is 496 g/mol. The van der Waals surface area contributed by atoms with Gasteiger partial charge in [-0.25, -0.2) is 4.68 Å². The van der Waals surface area contributed by atoms with Gasteiger partial charge in [-0.3, -0.25) is 4.79 Å². The fourth-order valence-electron chi connectivity index (χ4n) is 4.42. The first-order valence-corrected chi connectivity index (χ1v) is 11.8. The lowest BCUT2D eigenvalue weighted by atomic mass is 9.99. The predicted molar refractivity (Wildman–Crippen MR) is 144 cm³/mol. The Bertz CT molecular complexity index is 1470. The summed E-state index contributed by atoms with van der Waals surface area (Å²) in [6.45, 7) is 2.00. The number of methoxy groups -OCH3 is 3. The second-order valence-electron chi connectivity index (χ2n) is 8.64. The maximum absolute atomic E-state index is 13.4. The average molecular weight is 497 g/mol. The summed E-state index contributed by atoms with van der Waals surface area (Å²) in [7, 11) is 4.85. The van der Waals surface area contributed by atoms with E-state index in [-0.39, 0.29) is 11.9 Å². The second-order valence-corrected chi connectivity index (χ2v) is 8.64. The molecule has 1 amide bonds. The van der Waals surface area contributed by atoms with Crippen molar-refractivity contribution in [3.05, 3.63) is 101 Å². The number of fused-ring (bicyclic) bond motifs is 1. The van der Waals surface area contributed by atoms with Crippen molar-refractivity contribution >= 4 is 23.1 Å². The molecule has 0 unspecified atom stereocenters. The standard InChI is InChI=1S/C29H28N4O4/c1-18-11-13-20(14-12-18)31-29(34)23-17-30-33-25(22-9-6-10-26(36-3)27(22)37-4)16-24(32-28(23)33)19-7-5-8-21(15-19)35-2/h5-17,25,32H,1-4H3,(H,31,34)/t25-/m0/s1. The van der Waals surface area contributed by atoms with Crippen LogP contribution in [0.3, 0.4) is 0 Å². The Hall–Kier alpha value is -4.72. The van der Waals surface area contributed by atoms with E-state index in [2.05, 4.69) is 15.7 Å². The van der Waals surface area contributed by atoms with Crippen LogP contribution < -0.4 is 24.8 Å². The fourth-order valence-corrected chi connectivity index (χ4v) is 4.42. The number of allylic oxidation sites excluding steroid dienone is 1. The van der Waals surface area contributed by atoms with Gasteiger partial charge < -0.3 is 24.8 Å². The van der Waals surface area contributed by atoms with Crippen LogP contribution in [0.5, 0.6) is 17.2 Å². The van der Waals surface area contributed by atoms with Gasteiger partial charge in [0.2, 0.25) is 0 Å². The summed E-state index contributed by atoms with van der Waals surface area (Å²) < 4.78 is 18.5. The van der Waals surface area contributed by atoms with E-state index in [1.165, 1.54) is 0 Å². The molecule has 0 radical (unpaired) electrons. The molecule has 0 bridgehead atoms. The van der Waals surface area contributed by atoms with Gasteiger partial charge in [-0.1, -0.05) is 42.0 Å². The van der Waals surface area contributed by atoms with Crippen molar-refractivity contribution in [2.24, 2.45) is 0 Å². The zero-order chi connectivity index (χ0) is 25.9. The van der Waals surface area contributed by atoms with E-state index >= 15 is 0 Å². The first-order chi connectivity index (χ1) is 18.0. The van der Waals surface area contributed by atoms with Crippen molar-refractivity contribution < 1.29 is 19.0 Å². The van der Waals surface area contributed by atoms with Gasteiger partial charge in [0.1, 0.15) is 23.2 Å². The molecular weight excluding hydrogens is 468 g/mol. The highest BCUT2D eigenvalue weighted by molar-refractivity contribution is 6.08. The van der Waals surface area contributed by atoms with E-state index in [4.69, 9.17) is 14.2 Å². The first kappa shape index (κ1) is 24.0. The van der Waals surface area contributed by atoms with Crippen molar-refractivity contribution in [3.8, 4) is 17.2 Å². The molecule has 8 nitrogen and oxygen atoms in total. The van der Waals surface area contributed by atoms with Crippen molar-refractivity contribution in [1.82, 2.24) is 9.78 Å². The topological polar surface area (TPSA) is 86.6 Å². The van der Waals surface area contributed by atoms with Gasteiger partial charge in [0, 0.05) is 22.5 Å². The molecule has 1 aromatic heterocycles. The van der Waals surface area contributed by atoms with Crippen LogP contribution in [0.15, 0.2) is 79.0 Å². The largest absolute Gasteiger partial charge is 0.497 e. The third-order valence-electron chi connectivity index (χ3n) is 6.32. The molecule has 5 rings (SSSR count). The van der Waals surface area contributed by atoms with Crippen molar-refractivity contribution in [2.45, 2.75) is 13.0 Å². The van der Waals surface area contributed by atoms with Crippen LogP contribution in [0.4, 0.5) is 11.5 Å². The van der Waals surface area contributed by atoms with E-state index < -0.39 is 0 Å². The van der Waals surface area contributed by atoms with Gasteiger partial charge in [0.25, 0.3) is 5.91 Å². The molecule has 0 saturated heterocycles. The van der Waals surface area contributed by atoms with E-state index in [0.717, 1.165) is 28.1 Å². The van der Waals surface area contributed by atoms with Crippen LogP contribution in [0, 0.1) is 6.92 Å². The number of carbonyl (C=O) groups is 1. The number of rotatable bonds is 7. The molecule has 1 atom stereocenters. The van der Waals surface area contributed by atoms with Crippen molar-refractivity contribution in [3.63, 3.8) is 0 Å². The number of amides is 1. The summed E-state index contributed by atoms with van der Waals surface area (Å²) in [6.07, 6.45) is 3.63. The number of anilines is 2. The Labute approximate surface area is 215 Å². The van der Waals surface area contributed by atoms with Crippen LogP contribution in [-0.2, 0) is 0 Å². The van der Waals surface area contributed by atoms with Crippen molar-refractivity contribution in [2.75, 3.05) is 32.0 Å². The summed E-state index contributed by atoms with van der Waals surface area (Å²) in [4.78, 5) is 13.4. The van der Waals surface area contributed by atoms with Crippen LogP contribution in [-0.4, -0.2) is 37.0 Å². The van der Waals surface area contributed by atoms with Crippen LogP contribution in [0.1, 0.15) is 33.1 Å². The fraction of sp³-hybridized carbons (Fsp3) is 0.172. The number of hydrogen-bond donors (Lipinski definition) is 2. The number of aromatic nitrogens is 2. The number of nitrogens with zero attached hydrogens (tertiary/aromatic N) is 2. The Morgan fingerprint density at radius 3 is 2.49 bits per heavy atom. The van der Waals surface area contributed by atoms with Gasteiger partial charge in [-0.15, -0.1) is 0 Å². The summed E-state index contributed by atoms with van der Waals surface area (Å²) in [6, 6.07) is 20.8. The maximum atomic E-state index is 13.4. The normalized spacial score (nSPS) is 14.2. The lowest BCUT2D eigenvalue weighted by molar-refractivity contribution is 0.102. The van der Waals surface area contributed by atoms with Crippen LogP contribution in [0.25, 0.3) is 5.70 Å². The Kier molecular flexibility index (Phi) is 6.55. The third kappa shape index (κ3) is 4.61. The lowest BCUT2D eigenvalue weighted by Gasteiger charge is -2.27. The molecule has 188 valence electrons. The molecule has 2 heterocycles. The lowest BCUT2D eigenvalue weighted by Crippen LogP contribution is -2.22. The first-order valence-electron chi connectivity index (χ1n) is 11.8. The summed E-state index contributed by atoms with van der Waals surface area (Å²) in [5, 5.41) is 11.0. The van der Waals surface area contributed by atoms with Crippen molar-refractivity contribution in [1.29, 1.82) is 0 Å². The van der Waals surface area contributed by atoms with E-state index in [9.17, 15) is 4.79 Å². The third-order valence-corrected chi connectivity index (χ3v) is 6.32. The van der Waals surface area contributed by atoms with E-state index in [0.29, 0.717) is 28.6 Å². The Morgan fingerprint density at radius 2 is 1.76 bits per heavy atom. The summed E-state index contributed by atoms with van der Waals surface area (Å²) in [5.41, 5.74) is 4.81. The minimum absolute atomic E-state index is 0.263. The van der Waals surface area contributed by atoms with Gasteiger partial charge in [-0.05, 0) is 43.3 Å². The number of carbonyl (C=O) groups excluding carboxylic acids is 1. The molecule has 4 aromatic rings. The molecule has 1 aliphatic rings. The smallest absolute Gasteiger partial charge is 0.261 e. The zero-order valence-corrected chi connectivity index (χ0v) is 21.1. The highest BCUT2D eigenvalue weighted by atomic mass is 16.5. The number of hydrogen-bond acceptors (Lipinski definition) is 6. The maximum Gasteiger partial charge on any atom is 0.261 e. The Balaban J connectivity index is 1.61. The summed E-state index contributed by atoms with van der Waals surface area (Å²) >= 11 is 0. The second kappa shape index (κ2) is 10.1. The quantitative estimate of drug-likeness (QED) is 0.350. The minimum atomic E-state index is -0.372. The molecule has 0 spiro atoms. The molecule has 8 heteroatoms. The Morgan fingerprint density at radius 1 is 0.973 bits per heavy atom. The SMILES string of the molecule is COc1cccc(C2=C[C@@H](c3cccc(OC)c3OC)n3ncc(C(=O)Nc4ccc(C)cc4)c3N2)c1. The molecule has 2 N–H and O–H groups in total. The molecule has 0 fully saturated rings. The minimum Gasteiger partial charge on any atom is -0.497 e. The molecule has 0 saturated carbocycles. The van der Waals surface area contributed by atoms with Gasteiger partial charge >= 0.3 is 0 Å². The average Bonchev–Trinajstić information content (AvgIpc) is 3.37. The molecule has 0 aliphatic carbocycles. The highest BCUT2D eigenvalue weighted by Gasteiger charge is 2.30. The summed E-state index contributed by atoms with van der Waals surface area (Å²) in [5.74, 6) is 2.25. The van der Waals surface area contributed by atoms with E-state index in [1.807, 2.05) is 79.7 Å². The number of benzene rings is 3. The number of nitrogens with one attached hydrogen (secondary N) is 2. The molecule has 37 heavy (non-hydrogen) atoms. The van der Waals surface area contributed by atoms with Gasteiger partial charge in [0.05, 0.1) is 27.5 Å². The van der Waals surface area contributed by atoms with E-state index in [1.54, 1.807) is 32.2 Å². The number of ether oxygens (including phenoxy) is 3. The molecule has 3 aromatic carbocycles. The number of aryl methyl sites for hydroxylation is 1. The predicted octanol–water partition coefficient (Wildman–Crippen LogP) is 5.53. The van der Waals surface area contributed by atoms with Gasteiger partial charge in [0.15, 0.2) is 11.5 Å². The highest BCUT2D eigenvalue weighted by Crippen LogP contribution is 2.42. The number of para-hydroxylation sites is 1. The molecular formula is C29H28N4O4. The van der Waals surface area contributed by atoms with Crippen LogP contribution >= 0.6 is 0 Å². The van der Waals surface area contributed by atoms with Crippen LogP contribution in [0.2, 0.25) is 0 Å². The molecule has 1 aliphatic heterocycles. The zero-order valence-electron chi connectivity index (χ0n) is 21.1. The van der Waals surface area contributed by atoms with Gasteiger partial charge in [-0.2, -0.15) is 5.10 Å².